The molecule has 52 valence electrons. The summed E-state index contributed by atoms with van der Waals surface area (Å²) in [6.07, 6.45) is 1.96. The van der Waals surface area contributed by atoms with Gasteiger partial charge in [-0.3, -0.25) is 0 Å². The maximum absolute atomic E-state index is 8.27. The normalized spacial score (nSPS) is 9.20. The summed E-state index contributed by atoms with van der Waals surface area (Å²) in [5.41, 5.74) is 0.740. The molecule has 0 aliphatic rings. The summed E-state index contributed by atoms with van der Waals surface area (Å²) < 4.78 is 0. The predicted molar refractivity (Wildman–Crippen MR) is 35.0 cm³/mol. The van der Waals surface area contributed by atoms with E-state index < -0.39 is 0 Å². The van der Waals surface area contributed by atoms with E-state index in [1.54, 1.807) is 11.0 Å². The van der Waals surface area contributed by atoms with Crippen LogP contribution in [0, 0.1) is 11.3 Å². The van der Waals surface area contributed by atoms with Gasteiger partial charge in [0.05, 0.1) is 30.9 Å². The summed E-state index contributed by atoms with van der Waals surface area (Å²) in [5.74, 6) is 0. The van der Waals surface area contributed by atoms with Crippen molar-refractivity contribution in [2.24, 2.45) is 0 Å². The Morgan fingerprint density at radius 3 is 3.10 bits per heavy atom. The molecule has 0 saturated heterocycles. The molecule has 0 saturated carbocycles. The summed E-state index contributed by atoms with van der Waals surface area (Å²) in [7, 11) is 0. The first-order valence-corrected chi connectivity index (χ1v) is 3.12. The molecule has 0 fully saturated rings. The highest BCUT2D eigenvalue weighted by Gasteiger charge is 1.95. The Balaban J connectivity index is 2.70. The molecule has 0 spiro atoms. The molecule has 0 bridgehead atoms. The van der Waals surface area contributed by atoms with Crippen molar-refractivity contribution in [1.29, 1.82) is 5.26 Å². The second kappa shape index (κ2) is 2.97. The van der Waals surface area contributed by atoms with E-state index in [4.69, 9.17) is 5.26 Å². The van der Waals surface area contributed by atoms with Gasteiger partial charge in [0.25, 0.3) is 0 Å². The maximum atomic E-state index is 8.27. The second-order valence-corrected chi connectivity index (χ2v) is 1.86. The van der Waals surface area contributed by atoms with Crippen molar-refractivity contribution < 1.29 is 0 Å². The Morgan fingerprint density at radius 1 is 1.80 bits per heavy atom. The fourth-order valence-corrected chi connectivity index (χ4v) is 0.648. The van der Waals surface area contributed by atoms with Gasteiger partial charge in [0.1, 0.15) is 0 Å². The van der Waals surface area contributed by atoms with Crippen LogP contribution in [0.15, 0.2) is 6.20 Å². The molecule has 0 atom stereocenters. The van der Waals surface area contributed by atoms with Gasteiger partial charge < -0.3 is 0 Å². The number of nitrogens with zero attached hydrogens (tertiary/aromatic N) is 4. The van der Waals surface area contributed by atoms with E-state index in [1.807, 2.05) is 13.0 Å². The summed E-state index contributed by atoms with van der Waals surface area (Å²) in [5, 5.41) is 16.2. The number of hydrogen-bond donors (Lipinski definition) is 0. The highest BCUT2D eigenvalue weighted by Crippen LogP contribution is 1.90. The second-order valence-electron chi connectivity index (χ2n) is 1.86. The van der Waals surface area contributed by atoms with Crippen molar-refractivity contribution in [3.63, 3.8) is 0 Å². The van der Waals surface area contributed by atoms with E-state index in [2.05, 4.69) is 10.2 Å². The molecule has 0 aliphatic carbocycles. The van der Waals surface area contributed by atoms with Gasteiger partial charge in [0.2, 0.25) is 0 Å². The molecule has 0 unspecified atom stereocenters. The zero-order valence-corrected chi connectivity index (χ0v) is 5.78. The molecule has 10 heavy (non-hydrogen) atoms. The highest BCUT2D eigenvalue weighted by atomic mass is 15.5. The van der Waals surface area contributed by atoms with Crippen molar-refractivity contribution >= 4 is 0 Å². The molecule has 0 N–H and O–H groups in total. The zero-order chi connectivity index (χ0) is 7.40. The van der Waals surface area contributed by atoms with Crippen LogP contribution in [0.4, 0.5) is 0 Å². The fourth-order valence-electron chi connectivity index (χ4n) is 0.648. The summed E-state index contributed by atoms with van der Waals surface area (Å²) in [4.78, 5) is 1.56. The lowest BCUT2D eigenvalue weighted by molar-refractivity contribution is 0.565. The van der Waals surface area contributed by atoms with Crippen LogP contribution in [0.1, 0.15) is 12.6 Å². The van der Waals surface area contributed by atoms with Crippen LogP contribution in [-0.4, -0.2) is 15.0 Å². The van der Waals surface area contributed by atoms with Gasteiger partial charge in [-0.15, -0.1) is 0 Å². The molecule has 0 amide bonds. The zero-order valence-electron chi connectivity index (χ0n) is 5.78. The molecule has 1 heterocycles. The monoisotopic (exact) mass is 136 g/mol. The lowest BCUT2D eigenvalue weighted by Gasteiger charge is -1.87. The molecular weight excluding hydrogens is 128 g/mol. The Labute approximate surface area is 59.1 Å². The number of nitriles is 1. The average Bonchev–Trinajstić information content (AvgIpc) is 2.37. The van der Waals surface area contributed by atoms with Gasteiger partial charge >= 0.3 is 0 Å². The quantitative estimate of drug-likeness (QED) is 0.590. The van der Waals surface area contributed by atoms with Gasteiger partial charge in [-0.05, 0) is 6.92 Å². The van der Waals surface area contributed by atoms with E-state index in [0.29, 0.717) is 6.42 Å². The summed E-state index contributed by atoms with van der Waals surface area (Å²) in [6, 6.07) is 2.01. The Hall–Kier alpha value is -1.37. The molecule has 0 radical (unpaired) electrons. The van der Waals surface area contributed by atoms with Gasteiger partial charge in [-0.25, -0.2) is 0 Å². The first-order valence-electron chi connectivity index (χ1n) is 3.12. The third-order valence-corrected chi connectivity index (χ3v) is 1.13. The summed E-state index contributed by atoms with van der Waals surface area (Å²) in [6.45, 7) is 2.71. The fraction of sp³-hybridized carbons (Fsp3) is 0.500. The van der Waals surface area contributed by atoms with E-state index in [-0.39, 0.29) is 0 Å². The standard InChI is InChI=1S/C6H8N4/c1-2-10-8-5-6(9-10)3-4-7/h5H,2-3H2,1H3. The molecule has 1 rings (SSSR count). The van der Waals surface area contributed by atoms with Gasteiger partial charge in [0, 0.05) is 0 Å². The molecule has 4 heteroatoms. The van der Waals surface area contributed by atoms with E-state index >= 15 is 0 Å². The Kier molecular flexibility index (Phi) is 2.00. The first kappa shape index (κ1) is 6.75. The molecule has 0 aromatic carbocycles. The van der Waals surface area contributed by atoms with Crippen LogP contribution in [0.3, 0.4) is 0 Å². The van der Waals surface area contributed by atoms with Crippen molar-refractivity contribution in [3.05, 3.63) is 11.9 Å². The highest BCUT2D eigenvalue weighted by molar-refractivity contribution is 4.99. The third kappa shape index (κ3) is 1.32. The van der Waals surface area contributed by atoms with Crippen LogP contribution < -0.4 is 0 Å². The topological polar surface area (TPSA) is 54.5 Å². The Morgan fingerprint density at radius 2 is 2.60 bits per heavy atom. The molecular formula is C6H8N4. The van der Waals surface area contributed by atoms with Crippen LogP contribution >= 0.6 is 0 Å². The number of aryl methyl sites for hydroxylation is 1. The van der Waals surface area contributed by atoms with E-state index in [1.165, 1.54) is 0 Å². The lowest BCUT2D eigenvalue weighted by atomic mass is 10.4. The average molecular weight is 136 g/mol. The van der Waals surface area contributed by atoms with Crippen LogP contribution in [-0.2, 0) is 13.0 Å². The lowest BCUT2D eigenvalue weighted by Crippen LogP contribution is -1.98. The Bertz CT molecular complexity index is 244. The van der Waals surface area contributed by atoms with Crippen molar-refractivity contribution in [2.75, 3.05) is 0 Å². The third-order valence-electron chi connectivity index (χ3n) is 1.13. The minimum Gasteiger partial charge on any atom is -0.198 e. The predicted octanol–water partition coefficient (Wildman–Crippen LogP) is 0.364. The minimum atomic E-state index is 0.347. The number of aromatic nitrogens is 3. The summed E-state index contributed by atoms with van der Waals surface area (Å²) >= 11 is 0. The smallest absolute Gasteiger partial charge is 0.0967 e. The minimum absolute atomic E-state index is 0.347. The SMILES string of the molecule is CCn1ncc(CC#N)n1. The maximum Gasteiger partial charge on any atom is 0.0967 e. The van der Waals surface area contributed by atoms with Crippen LogP contribution in [0.2, 0.25) is 0 Å². The van der Waals surface area contributed by atoms with Crippen molar-refractivity contribution in [2.45, 2.75) is 19.9 Å². The largest absolute Gasteiger partial charge is 0.198 e. The first-order chi connectivity index (χ1) is 4.86. The molecule has 4 nitrogen and oxygen atoms in total. The van der Waals surface area contributed by atoms with Crippen LogP contribution in [0.5, 0.6) is 0 Å². The van der Waals surface area contributed by atoms with E-state index in [0.717, 1.165) is 12.2 Å². The van der Waals surface area contributed by atoms with Crippen molar-refractivity contribution in [3.8, 4) is 6.07 Å². The van der Waals surface area contributed by atoms with E-state index in [9.17, 15) is 0 Å². The van der Waals surface area contributed by atoms with Crippen molar-refractivity contribution in [1.82, 2.24) is 15.0 Å². The number of rotatable bonds is 2. The molecule has 1 aromatic heterocycles. The molecule has 0 aliphatic heterocycles. The number of hydrogen-bond acceptors (Lipinski definition) is 3. The van der Waals surface area contributed by atoms with Gasteiger partial charge in [-0.1, -0.05) is 0 Å². The van der Waals surface area contributed by atoms with Crippen LogP contribution in [0.25, 0.3) is 0 Å². The molecule has 1 aromatic rings. The van der Waals surface area contributed by atoms with Gasteiger partial charge in [-0.2, -0.15) is 20.3 Å². The van der Waals surface area contributed by atoms with Gasteiger partial charge in [0.15, 0.2) is 0 Å².